The van der Waals surface area contributed by atoms with E-state index >= 15 is 0 Å². The maximum atomic E-state index is 14.6. The molecule has 8 aliphatic rings. The first-order valence-electron chi connectivity index (χ1n) is 43.5. The van der Waals surface area contributed by atoms with Crippen LogP contribution in [0.5, 0.6) is 0 Å². The number of amides is 7. The maximum Gasteiger partial charge on any atom is 0.410 e. The van der Waals surface area contributed by atoms with Gasteiger partial charge in [0.2, 0.25) is 17.7 Å². The number of fused-ring (bicyclic) bond motifs is 2. The molecule has 8 saturated heterocycles. The van der Waals surface area contributed by atoms with Gasteiger partial charge in [-0.3, -0.25) is 33.6 Å². The predicted molar refractivity (Wildman–Crippen MR) is 459 cm³/mol. The van der Waals surface area contributed by atoms with Gasteiger partial charge in [-0.15, -0.1) is 0 Å². The minimum Gasteiger partial charge on any atom is -0.480 e. The summed E-state index contributed by atoms with van der Waals surface area (Å²) in [6, 6.07) is 41.8. The number of ether oxygens (including phenoxy) is 7. The molecule has 0 aliphatic carbocycles. The number of likely N-dealkylation sites (tertiary alicyclic amines) is 7. The second kappa shape index (κ2) is 46.6. The number of halogens is 8. The minimum atomic E-state index is -2.82. The van der Waals surface area contributed by atoms with Gasteiger partial charge in [0.15, 0.2) is 0 Å². The van der Waals surface area contributed by atoms with E-state index in [0.29, 0.717) is 161 Å². The van der Waals surface area contributed by atoms with Crippen LogP contribution in [0, 0.1) is 11.6 Å². The zero-order valence-electron chi connectivity index (χ0n) is 72.3. The Balaban J connectivity index is 0.000000153. The summed E-state index contributed by atoms with van der Waals surface area (Å²) in [7, 11) is 0. The lowest BCUT2D eigenvalue weighted by atomic mass is 10.0. The topological polar surface area (TPSA) is 385 Å². The number of aromatic nitrogens is 4. The van der Waals surface area contributed by atoms with E-state index in [1.165, 1.54) is 29.2 Å². The van der Waals surface area contributed by atoms with Crippen LogP contribution >= 0.6 is 0 Å². The average Bonchev–Trinajstić information content (AvgIpc) is 0.819. The molecule has 0 spiro atoms. The van der Waals surface area contributed by atoms with Crippen molar-refractivity contribution in [2.75, 3.05) is 138 Å². The van der Waals surface area contributed by atoms with Gasteiger partial charge in [-0.05, 0) is 136 Å². The summed E-state index contributed by atoms with van der Waals surface area (Å²) < 4.78 is 143. The van der Waals surface area contributed by atoms with E-state index in [2.05, 4.69) is 25.7 Å². The van der Waals surface area contributed by atoms with Crippen LogP contribution in [0.25, 0.3) is 21.5 Å². The molecule has 32 nitrogen and oxygen atoms in total. The summed E-state index contributed by atoms with van der Waals surface area (Å²) >= 11 is 0. The number of rotatable bonds is 25. The molecule has 8 aliphatic heterocycles. The summed E-state index contributed by atoms with van der Waals surface area (Å²) in [5.41, 5.74) is 3.81. The number of carboxylic acids is 2. The van der Waals surface area contributed by atoms with Gasteiger partial charge >= 0.3 is 24.1 Å². The number of H-pyrrole nitrogens is 2. The Morgan fingerprint density at radius 3 is 0.955 bits per heavy atom. The van der Waals surface area contributed by atoms with Crippen molar-refractivity contribution in [2.45, 2.75) is 139 Å². The highest BCUT2D eigenvalue weighted by Gasteiger charge is 2.48. The van der Waals surface area contributed by atoms with Crippen molar-refractivity contribution in [2.24, 2.45) is 0 Å². The van der Waals surface area contributed by atoms with E-state index in [-0.39, 0.29) is 117 Å². The standard InChI is InChI=1S/C26H25F3N4O4.C23H22FN3O5.C18H22F2N2O4.C15H19NO5.C10H16F2N2O2/c27-21-6-5-16(12-22-18-3-1-2-4-19(18)24(35)31-30-22)11-20(21)25(36)32-9-7-17(8-10-32)37-13-23(34)33-14-26(28,29)15-33;24-19-6-5-14(12-20-16-3-1-2-4-17(16)22(30)26-25-20)11-18(19)23(31)27-9-7-15(8-10-27)32-13-21(28)29;19-18(20)12-22(13-18)16(23)11-25-15-6-8-21(9-7-15)17(24)26-10-14-4-2-1-3-5-14;17-14(18)11-20-13-6-8-16(9-7-13)15(19)21-10-12-4-2-1-3-5-12;11-10(12)6-14(7-10)9(15)5-16-8-1-3-13-4-2-8/h1-6,11,17H,7-10,12-15H2,(H,31,35);1-6,11,15H,7-10,12-13H2,(H,26,30)(H,28,29);1-5,15H,6-13H2;1-5,13H,6-11H2,(H,17,18);8,13H,1-7H2. The molecular formula is C92H104F8N12O20. The number of nitrogens with one attached hydrogen (secondary N) is 3. The van der Waals surface area contributed by atoms with E-state index < -0.39 is 104 Å². The second-order valence-electron chi connectivity index (χ2n) is 33.1. The largest absolute Gasteiger partial charge is 0.480 e. The zero-order chi connectivity index (χ0) is 94.1. The third-order valence-corrected chi connectivity index (χ3v) is 23.2. The average molecular weight is 1850 g/mol. The van der Waals surface area contributed by atoms with Crippen LogP contribution in [0.1, 0.15) is 119 Å². The Hall–Kier alpha value is -12.4. The quantitative estimate of drug-likeness (QED) is 0.0332. The SMILES string of the molecule is O=C(COC1CCN(C(=O)OCc2ccccc2)CC1)N1CC(F)(F)C1.O=C(COC1CCN(C(=O)c2cc(Cc3n[nH]c(=O)c4ccccc34)ccc2F)CC1)N1CC(F)(F)C1.O=C(COC1CCNCC1)N1CC(F)(F)C1.O=C(O)COC1CCN(C(=O)OCc2ccccc2)CC1.O=C(O)COC1CCN(C(=O)c2cc(Cc3n[nH]c(=O)c4ccccc34)ccc2F)CC1. The van der Waals surface area contributed by atoms with Crippen LogP contribution in [0.2, 0.25) is 0 Å². The predicted octanol–water partition coefficient (Wildman–Crippen LogP) is 9.51. The molecule has 0 bridgehead atoms. The van der Waals surface area contributed by atoms with Crippen LogP contribution < -0.4 is 16.4 Å². The summed E-state index contributed by atoms with van der Waals surface area (Å²) in [4.78, 5) is 140. The Kier molecular flexibility index (Phi) is 34.8. The molecule has 0 saturated carbocycles. The molecule has 0 radical (unpaired) electrons. The molecule has 10 heterocycles. The van der Waals surface area contributed by atoms with Crippen molar-refractivity contribution in [3.8, 4) is 0 Å². The Morgan fingerprint density at radius 1 is 0.356 bits per heavy atom. The van der Waals surface area contributed by atoms with Crippen LogP contribution in [0.4, 0.5) is 44.7 Å². The van der Waals surface area contributed by atoms with Gasteiger partial charge in [0, 0.05) is 76.0 Å². The Morgan fingerprint density at radius 2 is 0.644 bits per heavy atom. The number of carbonyl (C=O) groups is 9. The smallest absolute Gasteiger partial charge is 0.410 e. The van der Waals surface area contributed by atoms with Crippen molar-refractivity contribution in [1.82, 2.24) is 60.0 Å². The van der Waals surface area contributed by atoms with Crippen molar-refractivity contribution >= 4 is 75.2 Å². The molecule has 0 atom stereocenters. The first kappa shape index (κ1) is 98.7. The van der Waals surface area contributed by atoms with Crippen LogP contribution in [-0.4, -0.2) is 305 Å². The Bertz CT molecular complexity index is 5400. The Labute approximate surface area is 752 Å². The fraction of sp³-hybridized carbons (Fsp3) is 0.467. The lowest BCUT2D eigenvalue weighted by Gasteiger charge is -2.39. The fourth-order valence-corrected chi connectivity index (χ4v) is 15.8. The third-order valence-electron chi connectivity index (χ3n) is 23.2. The van der Waals surface area contributed by atoms with Crippen molar-refractivity contribution in [3.05, 3.63) is 223 Å². The fourth-order valence-electron chi connectivity index (χ4n) is 15.8. The number of benzene rings is 6. The number of alkyl halides is 6. The van der Waals surface area contributed by atoms with Crippen LogP contribution in [-0.2, 0) is 83.2 Å². The number of aliphatic carboxylic acids is 2. The van der Waals surface area contributed by atoms with E-state index in [4.69, 9.17) is 43.4 Å². The molecule has 708 valence electrons. The maximum absolute atomic E-state index is 14.6. The number of carboxylic acid groups (broad SMARTS) is 2. The highest BCUT2D eigenvalue weighted by Crippen LogP contribution is 2.32. The van der Waals surface area contributed by atoms with Gasteiger partial charge in [-0.25, -0.2) is 64.5 Å². The molecule has 0 unspecified atom stereocenters. The van der Waals surface area contributed by atoms with Gasteiger partial charge in [-0.1, -0.05) is 109 Å². The highest BCUT2D eigenvalue weighted by molar-refractivity contribution is 5.96. The molecule has 40 heteroatoms. The number of hydrogen-bond donors (Lipinski definition) is 5. The number of aromatic amines is 2. The van der Waals surface area contributed by atoms with Gasteiger partial charge in [-0.2, -0.15) is 10.2 Å². The normalized spacial score (nSPS) is 17.9. The van der Waals surface area contributed by atoms with Gasteiger partial charge in [0.25, 0.3) is 40.7 Å². The van der Waals surface area contributed by atoms with Crippen molar-refractivity contribution in [3.63, 3.8) is 0 Å². The summed E-state index contributed by atoms with van der Waals surface area (Å²) in [5.74, 6) is -13.6. The first-order chi connectivity index (χ1) is 63.3. The molecule has 6 aromatic carbocycles. The minimum absolute atomic E-state index is 0.0267. The summed E-state index contributed by atoms with van der Waals surface area (Å²) in [6.07, 6.45) is 5.31. The van der Waals surface area contributed by atoms with E-state index in [1.807, 2.05) is 66.7 Å². The highest BCUT2D eigenvalue weighted by atomic mass is 19.3. The molecule has 8 aromatic rings. The van der Waals surface area contributed by atoms with Gasteiger partial charge in [0.05, 0.1) is 103 Å². The first-order valence-corrected chi connectivity index (χ1v) is 43.5. The summed E-state index contributed by atoms with van der Waals surface area (Å²) in [5, 5.41) is 36.1. The number of hydrogen-bond acceptors (Lipinski definition) is 21. The van der Waals surface area contributed by atoms with Gasteiger partial charge in [0.1, 0.15) is 57.9 Å². The molecule has 8 fully saturated rings. The lowest BCUT2D eigenvalue weighted by molar-refractivity contribution is -0.171. The van der Waals surface area contributed by atoms with E-state index in [0.717, 1.165) is 51.8 Å². The molecular weight excluding hydrogens is 1750 g/mol. The van der Waals surface area contributed by atoms with Crippen molar-refractivity contribution in [1.29, 1.82) is 0 Å². The number of carbonyl (C=O) groups excluding carboxylic acids is 7. The van der Waals surface area contributed by atoms with Crippen LogP contribution in [0.3, 0.4) is 0 Å². The molecule has 16 rings (SSSR count). The van der Waals surface area contributed by atoms with Crippen molar-refractivity contribution < 1.29 is 122 Å². The summed E-state index contributed by atoms with van der Waals surface area (Å²) in [6.45, 7) is 1.29. The van der Waals surface area contributed by atoms with Crippen LogP contribution in [0.15, 0.2) is 155 Å². The molecule has 5 N–H and O–H groups in total. The third kappa shape index (κ3) is 29.1. The zero-order valence-corrected chi connectivity index (χ0v) is 72.3. The second-order valence-corrected chi connectivity index (χ2v) is 33.1. The number of nitrogens with zero attached hydrogens (tertiary/aromatic N) is 9. The molecule has 7 amide bonds. The monoisotopic (exact) mass is 1850 g/mol. The molecule has 132 heavy (non-hydrogen) atoms. The van der Waals surface area contributed by atoms with E-state index in [9.17, 15) is 87.9 Å². The number of piperidine rings is 5. The molecule has 2 aromatic heterocycles. The lowest BCUT2D eigenvalue weighted by Crippen LogP contribution is -2.59. The van der Waals surface area contributed by atoms with Gasteiger partial charge < -0.3 is 83.0 Å². The van der Waals surface area contributed by atoms with E-state index in [1.54, 1.807) is 69.3 Å².